The number of rotatable bonds is 6. The Kier molecular flexibility index (Phi) is 6.06. The lowest BCUT2D eigenvalue weighted by atomic mass is 10.1. The van der Waals surface area contributed by atoms with E-state index in [0.29, 0.717) is 11.3 Å². The second kappa shape index (κ2) is 7.07. The van der Waals surface area contributed by atoms with E-state index in [2.05, 4.69) is 22.9 Å². The zero-order valence-corrected chi connectivity index (χ0v) is 11.5. The smallest absolute Gasteiger partial charge is 0.147 e. The van der Waals surface area contributed by atoms with Crippen LogP contribution < -0.4 is 0 Å². The Morgan fingerprint density at radius 2 is 2.25 bits per heavy atom. The fraction of sp³-hybridized carbons (Fsp3) is 0.417. The zero-order chi connectivity index (χ0) is 12.0. The quantitative estimate of drug-likeness (QED) is 0.743. The van der Waals surface area contributed by atoms with Crippen molar-refractivity contribution in [2.75, 3.05) is 11.5 Å². The second-order valence-electron chi connectivity index (χ2n) is 3.50. The van der Waals surface area contributed by atoms with Gasteiger partial charge in [0.05, 0.1) is 5.75 Å². The number of benzene rings is 1. The number of halogens is 2. The van der Waals surface area contributed by atoms with Crippen LogP contribution >= 0.6 is 27.7 Å². The highest BCUT2D eigenvalue weighted by atomic mass is 79.9. The number of Topliss-reactive ketones (excluding diaryl/α,β-unsaturated/α-hetero) is 1. The van der Waals surface area contributed by atoms with Crippen LogP contribution in [0.15, 0.2) is 22.7 Å². The summed E-state index contributed by atoms with van der Waals surface area (Å²) in [6.45, 7) is 2.07. The topological polar surface area (TPSA) is 17.1 Å². The van der Waals surface area contributed by atoms with Crippen LogP contribution in [-0.2, 0) is 11.2 Å². The molecule has 1 rings (SSSR count). The number of hydrogen-bond donors (Lipinski definition) is 0. The molecule has 0 aliphatic rings. The normalized spacial score (nSPS) is 10.4. The van der Waals surface area contributed by atoms with E-state index in [9.17, 15) is 9.18 Å². The van der Waals surface area contributed by atoms with Gasteiger partial charge in [-0.25, -0.2) is 4.39 Å². The van der Waals surface area contributed by atoms with E-state index < -0.39 is 0 Å². The van der Waals surface area contributed by atoms with Crippen LogP contribution in [0.25, 0.3) is 0 Å². The first-order valence-electron chi connectivity index (χ1n) is 5.17. The Morgan fingerprint density at radius 3 is 2.94 bits per heavy atom. The van der Waals surface area contributed by atoms with Gasteiger partial charge in [-0.15, -0.1) is 0 Å². The third-order valence-electron chi connectivity index (χ3n) is 2.01. The van der Waals surface area contributed by atoms with Crippen molar-refractivity contribution in [1.29, 1.82) is 0 Å². The fourth-order valence-electron chi connectivity index (χ4n) is 1.27. The Balaban J connectivity index is 2.52. The van der Waals surface area contributed by atoms with Crippen molar-refractivity contribution in [2.45, 2.75) is 19.8 Å². The van der Waals surface area contributed by atoms with E-state index in [0.717, 1.165) is 16.6 Å². The molecule has 1 aromatic carbocycles. The molecule has 0 N–H and O–H groups in total. The molecule has 0 aromatic heterocycles. The highest BCUT2D eigenvalue weighted by molar-refractivity contribution is 9.10. The van der Waals surface area contributed by atoms with E-state index in [1.807, 2.05) is 0 Å². The van der Waals surface area contributed by atoms with E-state index in [1.165, 1.54) is 6.07 Å². The van der Waals surface area contributed by atoms with Crippen molar-refractivity contribution >= 4 is 33.5 Å². The van der Waals surface area contributed by atoms with Gasteiger partial charge in [0.2, 0.25) is 0 Å². The van der Waals surface area contributed by atoms with E-state index in [-0.39, 0.29) is 18.0 Å². The van der Waals surface area contributed by atoms with Crippen LogP contribution in [0.5, 0.6) is 0 Å². The monoisotopic (exact) mass is 304 g/mol. The SMILES string of the molecule is CCCSCC(=O)Cc1cc(Br)ccc1F. The maximum Gasteiger partial charge on any atom is 0.147 e. The summed E-state index contributed by atoms with van der Waals surface area (Å²) in [5.74, 6) is 1.22. The third kappa shape index (κ3) is 4.66. The van der Waals surface area contributed by atoms with Crippen LogP contribution in [0.1, 0.15) is 18.9 Å². The molecule has 0 unspecified atom stereocenters. The summed E-state index contributed by atoms with van der Waals surface area (Å²) in [5, 5.41) is 0. The number of ketones is 1. The molecule has 1 nitrogen and oxygen atoms in total. The van der Waals surface area contributed by atoms with Gasteiger partial charge in [-0.1, -0.05) is 22.9 Å². The number of hydrogen-bond acceptors (Lipinski definition) is 2. The predicted molar refractivity (Wildman–Crippen MR) is 70.4 cm³/mol. The molecule has 0 amide bonds. The van der Waals surface area contributed by atoms with Gasteiger partial charge in [0.15, 0.2) is 0 Å². The maximum absolute atomic E-state index is 13.3. The molecule has 0 saturated heterocycles. The second-order valence-corrected chi connectivity index (χ2v) is 5.52. The molecule has 4 heteroatoms. The number of carbonyl (C=O) groups is 1. The average Bonchev–Trinajstić information content (AvgIpc) is 2.24. The maximum atomic E-state index is 13.3. The lowest BCUT2D eigenvalue weighted by Crippen LogP contribution is -2.07. The minimum absolute atomic E-state index is 0.0791. The largest absolute Gasteiger partial charge is 0.298 e. The van der Waals surface area contributed by atoms with Gasteiger partial charge in [0, 0.05) is 10.9 Å². The van der Waals surface area contributed by atoms with Gasteiger partial charge in [0.25, 0.3) is 0 Å². The van der Waals surface area contributed by atoms with Crippen molar-refractivity contribution < 1.29 is 9.18 Å². The summed E-state index contributed by atoms with van der Waals surface area (Å²) < 4.78 is 14.1. The molecule has 0 saturated carbocycles. The van der Waals surface area contributed by atoms with Crippen LogP contribution in [0.2, 0.25) is 0 Å². The Morgan fingerprint density at radius 1 is 1.50 bits per heavy atom. The molecule has 0 aliphatic carbocycles. The van der Waals surface area contributed by atoms with Gasteiger partial charge >= 0.3 is 0 Å². The summed E-state index contributed by atoms with van der Waals surface area (Å²) in [6.07, 6.45) is 1.24. The standard InChI is InChI=1S/C12H14BrFOS/c1-2-5-16-8-11(15)7-9-6-10(13)3-4-12(9)14/h3-4,6H,2,5,7-8H2,1H3. The van der Waals surface area contributed by atoms with Gasteiger partial charge in [-0.2, -0.15) is 11.8 Å². The number of thioether (sulfide) groups is 1. The molecule has 0 aliphatic heterocycles. The average molecular weight is 305 g/mol. The molecule has 16 heavy (non-hydrogen) atoms. The molecule has 0 bridgehead atoms. The molecule has 0 fully saturated rings. The summed E-state index contributed by atoms with van der Waals surface area (Å²) in [4.78, 5) is 11.5. The summed E-state index contributed by atoms with van der Waals surface area (Å²) in [7, 11) is 0. The van der Waals surface area contributed by atoms with Gasteiger partial charge in [0.1, 0.15) is 11.6 Å². The Labute approximate surface area is 108 Å². The van der Waals surface area contributed by atoms with Crippen LogP contribution in [-0.4, -0.2) is 17.3 Å². The molecule has 1 aromatic rings. The van der Waals surface area contributed by atoms with Crippen molar-refractivity contribution in [1.82, 2.24) is 0 Å². The first kappa shape index (κ1) is 13.7. The van der Waals surface area contributed by atoms with Gasteiger partial charge in [-0.05, 0) is 35.9 Å². The third-order valence-corrected chi connectivity index (χ3v) is 3.72. The van der Waals surface area contributed by atoms with Gasteiger partial charge < -0.3 is 0 Å². The first-order chi connectivity index (χ1) is 7.63. The highest BCUT2D eigenvalue weighted by Crippen LogP contribution is 2.17. The van der Waals surface area contributed by atoms with Crippen molar-refractivity contribution in [3.05, 3.63) is 34.1 Å². The Hall–Kier alpha value is -0.350. The van der Waals surface area contributed by atoms with Gasteiger partial charge in [-0.3, -0.25) is 4.79 Å². The minimum Gasteiger partial charge on any atom is -0.298 e. The predicted octanol–water partition coefficient (Wildman–Crippen LogP) is 3.84. The fourth-order valence-corrected chi connectivity index (χ4v) is 2.44. The first-order valence-corrected chi connectivity index (χ1v) is 7.11. The summed E-state index contributed by atoms with van der Waals surface area (Å²) >= 11 is 4.87. The molecular formula is C12H14BrFOS. The molecule has 0 atom stereocenters. The van der Waals surface area contributed by atoms with Crippen LogP contribution in [0.4, 0.5) is 4.39 Å². The molecular weight excluding hydrogens is 291 g/mol. The number of carbonyl (C=O) groups excluding carboxylic acids is 1. The highest BCUT2D eigenvalue weighted by Gasteiger charge is 2.08. The molecule has 88 valence electrons. The molecule has 0 radical (unpaired) electrons. The van der Waals surface area contributed by atoms with E-state index in [4.69, 9.17) is 0 Å². The summed E-state index contributed by atoms with van der Waals surface area (Å²) in [5.41, 5.74) is 0.469. The molecule has 0 spiro atoms. The van der Waals surface area contributed by atoms with E-state index >= 15 is 0 Å². The summed E-state index contributed by atoms with van der Waals surface area (Å²) in [6, 6.07) is 4.68. The van der Waals surface area contributed by atoms with Crippen LogP contribution in [0.3, 0.4) is 0 Å². The molecule has 0 heterocycles. The zero-order valence-electron chi connectivity index (χ0n) is 9.13. The lowest BCUT2D eigenvalue weighted by Gasteiger charge is -2.03. The van der Waals surface area contributed by atoms with Crippen LogP contribution in [0, 0.1) is 5.82 Å². The van der Waals surface area contributed by atoms with Crippen molar-refractivity contribution in [3.8, 4) is 0 Å². The van der Waals surface area contributed by atoms with E-state index in [1.54, 1.807) is 23.9 Å². The van der Waals surface area contributed by atoms with Crippen molar-refractivity contribution in [3.63, 3.8) is 0 Å². The minimum atomic E-state index is -0.308. The lowest BCUT2D eigenvalue weighted by molar-refractivity contribution is -0.116. The van der Waals surface area contributed by atoms with Crippen molar-refractivity contribution in [2.24, 2.45) is 0 Å². The Bertz CT molecular complexity index is 368.